The second-order valence-electron chi connectivity index (χ2n) is 3.73. The van der Waals surface area contributed by atoms with Crippen molar-refractivity contribution >= 4 is 0 Å². The highest BCUT2D eigenvalue weighted by molar-refractivity contribution is 4.50. The van der Waals surface area contributed by atoms with Gasteiger partial charge in [-0.3, -0.25) is 0 Å². The van der Waals surface area contributed by atoms with E-state index in [9.17, 15) is 0 Å². The Morgan fingerprint density at radius 1 is 0.647 bits per heavy atom. The largest absolute Gasteiger partial charge is 0.379 e. The van der Waals surface area contributed by atoms with E-state index in [2.05, 4.69) is 13.8 Å². The van der Waals surface area contributed by atoms with E-state index in [-0.39, 0.29) is 0 Å². The lowest BCUT2D eigenvalue weighted by Gasteiger charge is -2.13. The standard InChI is InChI=1S/C13H28O4/c1-4-13(5-2)17-12-11-16-10-9-15-8-7-14-6-3/h13H,4-12H2,1-3H3. The van der Waals surface area contributed by atoms with Gasteiger partial charge in [-0.1, -0.05) is 13.8 Å². The molecule has 0 aromatic carbocycles. The maximum atomic E-state index is 5.61. The monoisotopic (exact) mass is 248 g/mol. The Hall–Kier alpha value is -0.160. The topological polar surface area (TPSA) is 36.9 Å². The summed E-state index contributed by atoms with van der Waals surface area (Å²) in [5.41, 5.74) is 0. The number of hydrogen-bond acceptors (Lipinski definition) is 4. The van der Waals surface area contributed by atoms with E-state index in [0.29, 0.717) is 45.7 Å². The third-order valence-electron chi connectivity index (χ3n) is 2.44. The van der Waals surface area contributed by atoms with Crippen LogP contribution in [0.3, 0.4) is 0 Å². The van der Waals surface area contributed by atoms with Gasteiger partial charge in [0.1, 0.15) is 0 Å². The van der Waals surface area contributed by atoms with Crippen LogP contribution in [-0.4, -0.2) is 52.4 Å². The van der Waals surface area contributed by atoms with Crippen LogP contribution < -0.4 is 0 Å². The summed E-state index contributed by atoms with van der Waals surface area (Å²) < 4.78 is 21.5. The molecule has 0 saturated carbocycles. The molecular weight excluding hydrogens is 220 g/mol. The van der Waals surface area contributed by atoms with Gasteiger partial charge in [0.2, 0.25) is 0 Å². The van der Waals surface area contributed by atoms with Gasteiger partial charge in [-0.15, -0.1) is 0 Å². The van der Waals surface area contributed by atoms with Gasteiger partial charge in [-0.05, 0) is 19.8 Å². The van der Waals surface area contributed by atoms with Gasteiger partial charge in [0.25, 0.3) is 0 Å². The summed E-state index contributed by atoms with van der Waals surface area (Å²) in [5.74, 6) is 0. The molecule has 104 valence electrons. The molecule has 4 nitrogen and oxygen atoms in total. The number of ether oxygens (including phenoxy) is 4. The van der Waals surface area contributed by atoms with Crippen molar-refractivity contribution in [3.8, 4) is 0 Å². The minimum Gasteiger partial charge on any atom is -0.379 e. The Kier molecular flexibility index (Phi) is 13.8. The van der Waals surface area contributed by atoms with Crippen molar-refractivity contribution in [1.29, 1.82) is 0 Å². The third-order valence-corrected chi connectivity index (χ3v) is 2.44. The molecule has 0 aliphatic carbocycles. The SMILES string of the molecule is CCOCCOCCOCCOC(CC)CC. The van der Waals surface area contributed by atoms with Gasteiger partial charge in [-0.2, -0.15) is 0 Å². The highest BCUT2D eigenvalue weighted by Gasteiger charge is 2.01. The van der Waals surface area contributed by atoms with Crippen molar-refractivity contribution in [2.24, 2.45) is 0 Å². The zero-order valence-corrected chi connectivity index (χ0v) is 11.6. The predicted molar refractivity (Wildman–Crippen MR) is 68.5 cm³/mol. The van der Waals surface area contributed by atoms with E-state index in [0.717, 1.165) is 19.4 Å². The lowest BCUT2D eigenvalue weighted by atomic mass is 10.2. The molecular formula is C13H28O4. The van der Waals surface area contributed by atoms with Crippen LogP contribution in [0.1, 0.15) is 33.6 Å². The maximum absolute atomic E-state index is 5.61. The van der Waals surface area contributed by atoms with Crippen LogP contribution in [0.5, 0.6) is 0 Å². The van der Waals surface area contributed by atoms with Crippen molar-refractivity contribution in [3.05, 3.63) is 0 Å². The first-order chi connectivity index (χ1) is 8.35. The summed E-state index contributed by atoms with van der Waals surface area (Å²) >= 11 is 0. The maximum Gasteiger partial charge on any atom is 0.0704 e. The van der Waals surface area contributed by atoms with Gasteiger partial charge in [-0.25, -0.2) is 0 Å². The first-order valence-corrected chi connectivity index (χ1v) is 6.69. The molecule has 0 fully saturated rings. The van der Waals surface area contributed by atoms with E-state index in [1.54, 1.807) is 0 Å². The summed E-state index contributed by atoms with van der Waals surface area (Å²) in [7, 11) is 0. The fourth-order valence-corrected chi connectivity index (χ4v) is 1.38. The van der Waals surface area contributed by atoms with Gasteiger partial charge in [0.05, 0.1) is 45.7 Å². The fourth-order valence-electron chi connectivity index (χ4n) is 1.38. The molecule has 0 aromatic rings. The zero-order chi connectivity index (χ0) is 12.8. The summed E-state index contributed by atoms with van der Waals surface area (Å²) in [6.07, 6.45) is 2.51. The molecule has 0 unspecified atom stereocenters. The third kappa shape index (κ3) is 12.1. The van der Waals surface area contributed by atoms with E-state index < -0.39 is 0 Å². The quantitative estimate of drug-likeness (QED) is 0.469. The van der Waals surface area contributed by atoms with Crippen LogP contribution in [-0.2, 0) is 18.9 Å². The lowest BCUT2D eigenvalue weighted by molar-refractivity contribution is -0.0195. The Balaban J connectivity index is 3.03. The predicted octanol–water partition coefficient (Wildman–Crippen LogP) is 2.26. The second-order valence-corrected chi connectivity index (χ2v) is 3.73. The smallest absolute Gasteiger partial charge is 0.0704 e. The van der Waals surface area contributed by atoms with E-state index in [4.69, 9.17) is 18.9 Å². The summed E-state index contributed by atoms with van der Waals surface area (Å²) in [6.45, 7) is 10.9. The molecule has 0 radical (unpaired) electrons. The molecule has 0 rings (SSSR count). The normalized spacial score (nSPS) is 11.3. The van der Waals surface area contributed by atoms with Crippen LogP contribution >= 0.6 is 0 Å². The highest BCUT2D eigenvalue weighted by atomic mass is 16.6. The van der Waals surface area contributed by atoms with E-state index in [1.807, 2.05) is 6.92 Å². The summed E-state index contributed by atoms with van der Waals surface area (Å²) in [5, 5.41) is 0. The zero-order valence-electron chi connectivity index (χ0n) is 11.6. The summed E-state index contributed by atoms with van der Waals surface area (Å²) in [4.78, 5) is 0. The molecule has 0 aromatic heterocycles. The van der Waals surface area contributed by atoms with Crippen LogP contribution in [0, 0.1) is 0 Å². The molecule has 0 aliphatic heterocycles. The summed E-state index contributed by atoms with van der Waals surface area (Å²) in [6, 6.07) is 0. The molecule has 0 bridgehead atoms. The van der Waals surface area contributed by atoms with Crippen molar-refractivity contribution in [2.75, 3.05) is 46.2 Å². The van der Waals surface area contributed by atoms with Crippen LogP contribution in [0.2, 0.25) is 0 Å². The van der Waals surface area contributed by atoms with Gasteiger partial charge in [0.15, 0.2) is 0 Å². The van der Waals surface area contributed by atoms with Crippen LogP contribution in [0.4, 0.5) is 0 Å². The first-order valence-electron chi connectivity index (χ1n) is 6.69. The van der Waals surface area contributed by atoms with Crippen LogP contribution in [0.15, 0.2) is 0 Å². The van der Waals surface area contributed by atoms with E-state index >= 15 is 0 Å². The van der Waals surface area contributed by atoms with Crippen molar-refractivity contribution in [2.45, 2.75) is 39.7 Å². The second kappa shape index (κ2) is 13.9. The molecule has 0 aliphatic rings. The van der Waals surface area contributed by atoms with Crippen molar-refractivity contribution < 1.29 is 18.9 Å². The lowest BCUT2D eigenvalue weighted by Crippen LogP contribution is -2.16. The Bertz CT molecular complexity index is 137. The highest BCUT2D eigenvalue weighted by Crippen LogP contribution is 2.01. The molecule has 0 heterocycles. The Morgan fingerprint density at radius 3 is 1.59 bits per heavy atom. The average Bonchev–Trinajstić information content (AvgIpc) is 2.36. The number of hydrogen-bond donors (Lipinski definition) is 0. The molecule has 0 atom stereocenters. The Morgan fingerprint density at radius 2 is 1.12 bits per heavy atom. The molecule has 4 heteroatoms. The number of rotatable bonds is 13. The van der Waals surface area contributed by atoms with Crippen LogP contribution in [0.25, 0.3) is 0 Å². The fraction of sp³-hybridized carbons (Fsp3) is 1.00. The molecule has 0 saturated heterocycles. The molecule has 0 amide bonds. The molecule has 0 N–H and O–H groups in total. The van der Waals surface area contributed by atoms with Gasteiger partial charge in [0, 0.05) is 6.61 Å². The van der Waals surface area contributed by atoms with Crippen molar-refractivity contribution in [1.82, 2.24) is 0 Å². The first kappa shape index (κ1) is 16.8. The van der Waals surface area contributed by atoms with Gasteiger partial charge >= 0.3 is 0 Å². The molecule has 17 heavy (non-hydrogen) atoms. The van der Waals surface area contributed by atoms with Crippen molar-refractivity contribution in [3.63, 3.8) is 0 Å². The van der Waals surface area contributed by atoms with E-state index in [1.165, 1.54) is 0 Å². The minimum absolute atomic E-state index is 0.376. The minimum atomic E-state index is 0.376. The Labute approximate surface area is 106 Å². The molecule has 0 spiro atoms. The van der Waals surface area contributed by atoms with Gasteiger partial charge < -0.3 is 18.9 Å². The average molecular weight is 248 g/mol.